The summed E-state index contributed by atoms with van der Waals surface area (Å²) in [4.78, 5) is 4.90. The Morgan fingerprint density at radius 2 is 1.21 bits per heavy atom. The molecule has 1 unspecified atom stereocenters. The number of hydrogen-bond acceptors (Lipinski definition) is 1. The van der Waals surface area contributed by atoms with Gasteiger partial charge in [-0.2, -0.15) is 0 Å². The molecule has 0 saturated carbocycles. The lowest BCUT2D eigenvalue weighted by atomic mass is 9.60. The first kappa shape index (κ1) is 34.5. The van der Waals surface area contributed by atoms with Crippen LogP contribution in [0.15, 0.2) is 137 Å². The summed E-state index contributed by atoms with van der Waals surface area (Å²) in [5.74, 6) is 0.457. The SMILES string of the molecule is [B]C1=C([B])C2C(=C1[B])C(c1ccc3cc(-n4c(CC)nc5ccccc54)ccc3c1)=c1c([B])c([B])c([B])c([B])c1=C2c1ccc2c3c(cccc13)-c1ccccc1-2. The van der Waals surface area contributed by atoms with Gasteiger partial charge in [-0.15, -0.1) is 21.9 Å². The van der Waals surface area contributed by atoms with Crippen molar-refractivity contribution in [2.24, 2.45) is 5.92 Å². The van der Waals surface area contributed by atoms with Gasteiger partial charge in [-0.05, 0) is 112 Å². The van der Waals surface area contributed by atoms with E-state index in [2.05, 4.69) is 115 Å². The van der Waals surface area contributed by atoms with Crippen LogP contribution in [0.25, 0.3) is 71.7 Å². The molecule has 1 heterocycles. The molecular weight excluding hydrogens is 680 g/mol. The average Bonchev–Trinajstić information content (AvgIpc) is 3.86. The summed E-state index contributed by atoms with van der Waals surface area (Å²) in [6, 6.07) is 40.3. The molecule has 0 amide bonds. The van der Waals surface area contributed by atoms with Crippen LogP contribution in [-0.2, 0) is 6.42 Å². The predicted octanol–water partition coefficient (Wildman–Crippen LogP) is 3.73. The van der Waals surface area contributed by atoms with Crippen molar-refractivity contribution in [2.75, 3.05) is 0 Å². The minimum atomic E-state index is -0.543. The van der Waals surface area contributed by atoms with E-state index in [4.69, 9.17) is 59.9 Å². The maximum Gasteiger partial charge on any atom is 0.114 e. The Kier molecular flexibility index (Phi) is 7.47. The number of para-hydroxylation sites is 2. The molecular formula is C48H25B7N2. The minimum Gasteiger partial charge on any atom is -0.296 e. The molecule has 0 aliphatic heterocycles. The summed E-state index contributed by atoms with van der Waals surface area (Å²) in [5.41, 5.74) is 14.3. The van der Waals surface area contributed by atoms with Crippen molar-refractivity contribution < 1.29 is 0 Å². The Bertz CT molecular complexity index is 3340. The lowest BCUT2D eigenvalue weighted by molar-refractivity contribution is 0.909. The average molecular weight is 705 g/mol. The fourth-order valence-electron chi connectivity index (χ4n) is 9.76. The Labute approximate surface area is 340 Å². The van der Waals surface area contributed by atoms with E-state index in [1.807, 2.05) is 12.1 Å². The highest BCUT2D eigenvalue weighted by molar-refractivity contribution is 6.62. The number of imidazole rings is 1. The number of aromatic nitrogens is 2. The van der Waals surface area contributed by atoms with Crippen molar-refractivity contribution in [1.82, 2.24) is 9.55 Å². The molecule has 0 bridgehead atoms. The van der Waals surface area contributed by atoms with Crippen molar-refractivity contribution in [1.29, 1.82) is 0 Å². The molecule has 1 aromatic heterocycles. The molecule has 1 atom stereocenters. The molecule has 11 rings (SSSR count). The second-order valence-electron chi connectivity index (χ2n) is 15.2. The lowest BCUT2D eigenvalue weighted by Gasteiger charge is -2.33. The molecule has 0 fully saturated rings. The normalized spacial score (nSPS) is 15.6. The monoisotopic (exact) mass is 706 g/mol. The Morgan fingerprint density at radius 3 is 1.98 bits per heavy atom. The van der Waals surface area contributed by atoms with Crippen LogP contribution < -0.4 is 32.3 Å². The molecule has 14 radical (unpaired) electrons. The fourth-order valence-corrected chi connectivity index (χ4v) is 9.76. The largest absolute Gasteiger partial charge is 0.296 e. The third kappa shape index (κ3) is 4.60. The summed E-state index contributed by atoms with van der Waals surface area (Å²) in [6.45, 7) is 2.13. The maximum absolute atomic E-state index is 7.10. The number of nitrogens with zero attached hydrogens (tertiary/aromatic N) is 2. The van der Waals surface area contributed by atoms with Crippen LogP contribution in [0.4, 0.5) is 0 Å². The Hall–Kier alpha value is -5.80. The third-order valence-corrected chi connectivity index (χ3v) is 12.4. The zero-order chi connectivity index (χ0) is 39.0. The van der Waals surface area contributed by atoms with Crippen molar-refractivity contribution in [3.05, 3.63) is 165 Å². The van der Waals surface area contributed by atoms with Gasteiger partial charge in [0, 0.05) is 18.0 Å². The van der Waals surface area contributed by atoms with Crippen LogP contribution in [-0.4, -0.2) is 64.5 Å². The van der Waals surface area contributed by atoms with E-state index < -0.39 is 5.92 Å². The van der Waals surface area contributed by atoms with Gasteiger partial charge >= 0.3 is 0 Å². The molecule has 9 heteroatoms. The van der Waals surface area contributed by atoms with E-state index in [-0.39, 0.29) is 10.9 Å². The Morgan fingerprint density at radius 1 is 0.561 bits per heavy atom. The predicted molar refractivity (Wildman–Crippen MR) is 243 cm³/mol. The summed E-state index contributed by atoms with van der Waals surface area (Å²) in [5, 5.41) is 5.62. The highest BCUT2D eigenvalue weighted by atomic mass is 15.1. The molecule has 248 valence electrons. The van der Waals surface area contributed by atoms with Crippen LogP contribution in [0.2, 0.25) is 0 Å². The molecule has 8 aromatic rings. The zero-order valence-corrected chi connectivity index (χ0v) is 31.2. The van der Waals surface area contributed by atoms with Gasteiger partial charge < -0.3 is 0 Å². The Balaban J connectivity index is 1.22. The first-order valence-electron chi connectivity index (χ1n) is 19.1. The molecule has 2 nitrogen and oxygen atoms in total. The summed E-state index contributed by atoms with van der Waals surface area (Å²) >= 11 is 0. The summed E-state index contributed by atoms with van der Waals surface area (Å²) in [7, 11) is 48.5. The van der Waals surface area contributed by atoms with Crippen molar-refractivity contribution >= 4 is 120 Å². The molecule has 3 aliphatic carbocycles. The van der Waals surface area contributed by atoms with E-state index in [9.17, 15) is 0 Å². The molecule has 7 aromatic carbocycles. The van der Waals surface area contributed by atoms with Crippen LogP contribution >= 0.6 is 0 Å². The van der Waals surface area contributed by atoms with E-state index in [0.29, 0.717) is 37.8 Å². The lowest BCUT2D eigenvalue weighted by Crippen LogP contribution is -2.66. The summed E-state index contributed by atoms with van der Waals surface area (Å²) < 4.78 is 2.23. The third-order valence-electron chi connectivity index (χ3n) is 12.4. The van der Waals surface area contributed by atoms with Crippen LogP contribution in [0.5, 0.6) is 0 Å². The van der Waals surface area contributed by atoms with Gasteiger partial charge in [-0.25, -0.2) is 4.98 Å². The summed E-state index contributed by atoms with van der Waals surface area (Å²) in [6.07, 6.45) is 0.799. The molecule has 57 heavy (non-hydrogen) atoms. The first-order valence-corrected chi connectivity index (χ1v) is 19.1. The minimum absolute atomic E-state index is 0.216. The van der Waals surface area contributed by atoms with Gasteiger partial charge in [0.05, 0.1) is 11.0 Å². The number of aryl methyl sites for hydroxylation is 1. The van der Waals surface area contributed by atoms with Gasteiger partial charge in [-0.1, -0.05) is 108 Å². The topological polar surface area (TPSA) is 17.8 Å². The maximum atomic E-state index is 7.10. The van der Waals surface area contributed by atoms with Gasteiger partial charge in [0.1, 0.15) is 60.7 Å². The van der Waals surface area contributed by atoms with Gasteiger partial charge in [0.25, 0.3) is 0 Å². The fraction of sp³-hybridized carbons (Fsp3) is 0.0625. The van der Waals surface area contributed by atoms with E-state index in [0.717, 1.165) is 78.4 Å². The zero-order valence-electron chi connectivity index (χ0n) is 31.2. The second kappa shape index (κ2) is 12.4. The van der Waals surface area contributed by atoms with Gasteiger partial charge in [0.2, 0.25) is 0 Å². The standard InChI is InChI=1S/C48H25B7N2/c1-2-34-56-32-12-5-6-13-33(32)57(34)25-17-16-22-20-24(15-14-23(22)21-25)35-38-40(44(51)46(53)42(38)49)37(41-39(35)43(50)47(54)48(55)45(41)52)31-19-18-30-27-9-4-3-8-26(27)28-10-7-11-29(31)36(28)30/h3-21,40H,2H2,1H3. The first-order chi connectivity index (χ1) is 27.7. The number of rotatable bonds is 4. The van der Waals surface area contributed by atoms with Gasteiger partial charge in [-0.3, -0.25) is 4.57 Å². The molecule has 3 aliphatic rings. The van der Waals surface area contributed by atoms with Gasteiger partial charge in [0.15, 0.2) is 0 Å². The van der Waals surface area contributed by atoms with Crippen molar-refractivity contribution in [2.45, 2.75) is 13.3 Å². The van der Waals surface area contributed by atoms with Crippen LogP contribution in [0.3, 0.4) is 0 Å². The van der Waals surface area contributed by atoms with Crippen molar-refractivity contribution in [3.8, 4) is 27.9 Å². The smallest absolute Gasteiger partial charge is 0.114 e. The quantitative estimate of drug-likeness (QED) is 0.256. The number of allylic oxidation sites excluding steroid dienone is 4. The highest BCUT2D eigenvalue weighted by Gasteiger charge is 2.37. The van der Waals surface area contributed by atoms with Crippen LogP contribution in [0, 0.1) is 5.92 Å². The number of benzene rings is 7. The van der Waals surface area contributed by atoms with E-state index >= 15 is 0 Å². The van der Waals surface area contributed by atoms with Crippen LogP contribution in [0.1, 0.15) is 23.9 Å². The van der Waals surface area contributed by atoms with Crippen molar-refractivity contribution in [3.63, 3.8) is 0 Å². The number of fused-ring (bicyclic) bond motifs is 7. The molecule has 0 saturated heterocycles. The second-order valence-corrected chi connectivity index (χ2v) is 15.2. The molecule has 0 N–H and O–H groups in total. The number of hydrogen-bond donors (Lipinski definition) is 0. The highest BCUT2D eigenvalue weighted by Crippen LogP contribution is 2.52. The van der Waals surface area contributed by atoms with E-state index in [1.54, 1.807) is 0 Å². The molecule has 0 spiro atoms. The van der Waals surface area contributed by atoms with E-state index in [1.165, 1.54) is 22.3 Å².